The first kappa shape index (κ1) is 17.4. The van der Waals surface area contributed by atoms with Gasteiger partial charge in [-0.15, -0.1) is 11.3 Å². The first-order valence-corrected chi connectivity index (χ1v) is 9.45. The van der Waals surface area contributed by atoms with Crippen molar-refractivity contribution in [2.75, 3.05) is 0 Å². The number of aryl methyl sites for hydroxylation is 2. The molecule has 3 aromatic heterocycles. The number of thiophene rings is 1. The Balaban J connectivity index is 1.54. The number of hydrogen-bond acceptors (Lipinski definition) is 5. The fraction of sp³-hybridized carbons (Fsp3) is 0.263. The third kappa shape index (κ3) is 3.12. The summed E-state index contributed by atoms with van der Waals surface area (Å²) in [5.74, 6) is 0.408. The van der Waals surface area contributed by atoms with Crippen LogP contribution in [0.1, 0.15) is 29.2 Å². The van der Waals surface area contributed by atoms with Gasteiger partial charge in [-0.05, 0) is 38.5 Å². The molecule has 27 heavy (non-hydrogen) atoms. The number of amides is 1. The molecule has 2 N–H and O–H groups in total. The molecule has 0 saturated carbocycles. The molecule has 0 unspecified atom stereocenters. The van der Waals surface area contributed by atoms with Gasteiger partial charge in [-0.2, -0.15) is 0 Å². The number of nitrogens with one attached hydrogen (secondary N) is 2. The van der Waals surface area contributed by atoms with E-state index in [0.717, 1.165) is 21.5 Å². The number of benzene rings is 1. The molecule has 1 atom stereocenters. The summed E-state index contributed by atoms with van der Waals surface area (Å²) in [6.07, 6.45) is 1.44. The van der Waals surface area contributed by atoms with Crippen molar-refractivity contribution < 1.29 is 4.79 Å². The number of hydrogen-bond donors (Lipinski definition) is 2. The molecule has 0 bridgehead atoms. The van der Waals surface area contributed by atoms with Crippen LogP contribution in [0, 0.1) is 13.8 Å². The molecular weight excluding hydrogens is 362 g/mol. The van der Waals surface area contributed by atoms with Crippen LogP contribution in [0.5, 0.6) is 0 Å². The Labute approximate surface area is 159 Å². The first-order chi connectivity index (χ1) is 12.9. The summed E-state index contributed by atoms with van der Waals surface area (Å²) >= 11 is 1.49. The van der Waals surface area contributed by atoms with Crippen LogP contribution in [0.25, 0.3) is 21.3 Å². The van der Waals surface area contributed by atoms with E-state index >= 15 is 0 Å². The average molecular weight is 381 g/mol. The van der Waals surface area contributed by atoms with Crippen LogP contribution in [-0.2, 0) is 11.3 Å². The Hall–Kier alpha value is -3.00. The fourth-order valence-electron chi connectivity index (χ4n) is 3.07. The van der Waals surface area contributed by atoms with Crippen molar-refractivity contribution in [2.24, 2.45) is 0 Å². The average Bonchev–Trinajstić information content (AvgIpc) is 3.19. The predicted molar refractivity (Wildman–Crippen MR) is 106 cm³/mol. The molecule has 0 aliphatic heterocycles. The number of aromatic nitrogens is 4. The van der Waals surface area contributed by atoms with Crippen LogP contribution in [0.2, 0.25) is 0 Å². The second-order valence-corrected chi connectivity index (χ2v) is 7.77. The molecule has 0 saturated heterocycles. The van der Waals surface area contributed by atoms with E-state index in [1.807, 2.05) is 45.0 Å². The molecule has 0 radical (unpaired) electrons. The van der Waals surface area contributed by atoms with E-state index in [1.165, 1.54) is 22.2 Å². The van der Waals surface area contributed by atoms with E-state index in [1.54, 1.807) is 0 Å². The maximum atomic E-state index is 12.7. The molecule has 1 amide bonds. The molecule has 138 valence electrons. The minimum absolute atomic E-state index is 0.0827. The van der Waals surface area contributed by atoms with Crippen molar-refractivity contribution >= 4 is 38.5 Å². The highest BCUT2D eigenvalue weighted by atomic mass is 32.1. The lowest BCUT2D eigenvalue weighted by molar-refractivity contribution is -0.122. The summed E-state index contributed by atoms with van der Waals surface area (Å²) in [5.41, 5.74) is 2.51. The quantitative estimate of drug-likeness (QED) is 0.568. The van der Waals surface area contributed by atoms with Crippen LogP contribution in [0.15, 0.2) is 35.4 Å². The van der Waals surface area contributed by atoms with Crippen molar-refractivity contribution in [3.63, 3.8) is 0 Å². The second-order valence-electron chi connectivity index (χ2n) is 6.57. The number of rotatable bonds is 4. The Morgan fingerprint density at radius 3 is 2.89 bits per heavy atom. The van der Waals surface area contributed by atoms with Gasteiger partial charge >= 0.3 is 0 Å². The van der Waals surface area contributed by atoms with Gasteiger partial charge in [0, 0.05) is 4.88 Å². The molecule has 4 rings (SSSR count). The summed E-state index contributed by atoms with van der Waals surface area (Å²) in [6.45, 7) is 5.64. The van der Waals surface area contributed by atoms with E-state index in [-0.39, 0.29) is 24.1 Å². The number of carbonyl (C=O) groups excluding carboxylic acids is 1. The number of aromatic amines is 1. The van der Waals surface area contributed by atoms with Gasteiger partial charge < -0.3 is 10.3 Å². The lowest BCUT2D eigenvalue weighted by Gasteiger charge is -2.12. The highest BCUT2D eigenvalue weighted by molar-refractivity contribution is 7.18. The van der Waals surface area contributed by atoms with Crippen molar-refractivity contribution in [3.05, 3.63) is 57.2 Å². The number of carbonyl (C=O) groups is 1. The number of imidazole rings is 1. The number of nitrogens with zero attached hydrogens (tertiary/aromatic N) is 3. The van der Waals surface area contributed by atoms with Gasteiger partial charge in [0.05, 0.1) is 28.8 Å². The van der Waals surface area contributed by atoms with Crippen LogP contribution >= 0.6 is 11.3 Å². The highest BCUT2D eigenvalue weighted by Crippen LogP contribution is 2.25. The summed E-state index contributed by atoms with van der Waals surface area (Å²) in [7, 11) is 0. The SMILES string of the molecule is Cc1sc2ncn(CC(=O)N[C@@H](C)c3nc4ccccc4[nH]3)c(=O)c2c1C. The number of H-pyrrole nitrogens is 1. The Bertz CT molecular complexity index is 1190. The van der Waals surface area contributed by atoms with Gasteiger partial charge in [-0.3, -0.25) is 14.2 Å². The smallest absolute Gasteiger partial charge is 0.262 e. The van der Waals surface area contributed by atoms with E-state index in [0.29, 0.717) is 16.0 Å². The lowest BCUT2D eigenvalue weighted by atomic mass is 10.2. The molecule has 0 spiro atoms. The first-order valence-electron chi connectivity index (χ1n) is 8.63. The van der Waals surface area contributed by atoms with Crippen molar-refractivity contribution in [3.8, 4) is 0 Å². The lowest BCUT2D eigenvalue weighted by Crippen LogP contribution is -2.34. The van der Waals surface area contributed by atoms with E-state index in [4.69, 9.17) is 0 Å². The van der Waals surface area contributed by atoms with Gasteiger partial charge in [0.1, 0.15) is 17.2 Å². The molecular formula is C19H19N5O2S. The van der Waals surface area contributed by atoms with Crippen LogP contribution in [0.4, 0.5) is 0 Å². The Morgan fingerprint density at radius 2 is 2.11 bits per heavy atom. The molecule has 4 aromatic rings. The molecule has 7 nitrogen and oxygen atoms in total. The zero-order valence-corrected chi connectivity index (χ0v) is 16.1. The Kier molecular flexibility index (Phi) is 4.27. The number of fused-ring (bicyclic) bond motifs is 2. The van der Waals surface area contributed by atoms with E-state index in [9.17, 15) is 9.59 Å². The largest absolute Gasteiger partial charge is 0.345 e. The fourth-order valence-corrected chi connectivity index (χ4v) is 4.06. The topological polar surface area (TPSA) is 92.7 Å². The second kappa shape index (κ2) is 6.62. The van der Waals surface area contributed by atoms with Gasteiger partial charge in [-0.1, -0.05) is 12.1 Å². The van der Waals surface area contributed by atoms with Crippen molar-refractivity contribution in [1.29, 1.82) is 0 Å². The molecule has 3 heterocycles. The minimum atomic E-state index is -0.303. The highest BCUT2D eigenvalue weighted by Gasteiger charge is 2.16. The monoisotopic (exact) mass is 381 g/mol. The van der Waals surface area contributed by atoms with Crippen molar-refractivity contribution in [2.45, 2.75) is 33.4 Å². The third-order valence-corrected chi connectivity index (χ3v) is 5.78. The Morgan fingerprint density at radius 1 is 1.33 bits per heavy atom. The maximum Gasteiger partial charge on any atom is 0.262 e. The molecule has 0 aliphatic carbocycles. The summed E-state index contributed by atoms with van der Waals surface area (Å²) in [6, 6.07) is 7.39. The van der Waals surface area contributed by atoms with Crippen LogP contribution < -0.4 is 10.9 Å². The normalized spacial score (nSPS) is 12.6. The third-order valence-electron chi connectivity index (χ3n) is 4.67. The van der Waals surface area contributed by atoms with Crippen LogP contribution in [-0.4, -0.2) is 25.4 Å². The summed E-state index contributed by atoms with van der Waals surface area (Å²) in [5, 5.41) is 3.48. The number of para-hydroxylation sites is 2. The van der Waals surface area contributed by atoms with Crippen LogP contribution in [0.3, 0.4) is 0 Å². The molecule has 1 aromatic carbocycles. The molecule has 8 heteroatoms. The minimum Gasteiger partial charge on any atom is -0.345 e. The molecule has 0 fully saturated rings. The van der Waals surface area contributed by atoms with Gasteiger partial charge in [0.25, 0.3) is 5.56 Å². The zero-order chi connectivity index (χ0) is 19.1. The summed E-state index contributed by atoms with van der Waals surface area (Å²) < 4.78 is 1.35. The predicted octanol–water partition coefficient (Wildman–Crippen LogP) is 2.83. The summed E-state index contributed by atoms with van der Waals surface area (Å²) in [4.78, 5) is 39.0. The maximum absolute atomic E-state index is 12.7. The van der Waals surface area contributed by atoms with Crippen molar-refractivity contribution in [1.82, 2.24) is 24.8 Å². The van der Waals surface area contributed by atoms with Gasteiger partial charge in [0.2, 0.25) is 5.91 Å². The zero-order valence-electron chi connectivity index (χ0n) is 15.2. The molecule has 0 aliphatic rings. The van der Waals surface area contributed by atoms with E-state index < -0.39 is 0 Å². The van der Waals surface area contributed by atoms with Gasteiger partial charge in [-0.25, -0.2) is 9.97 Å². The van der Waals surface area contributed by atoms with E-state index in [2.05, 4.69) is 20.3 Å². The van der Waals surface area contributed by atoms with Gasteiger partial charge in [0.15, 0.2) is 0 Å². The standard InChI is InChI=1S/C19H19N5O2S/c1-10-12(3)27-18-16(10)19(26)24(9-20-18)8-15(25)21-11(2)17-22-13-6-4-5-7-14(13)23-17/h4-7,9,11H,8H2,1-3H3,(H,21,25)(H,22,23)/t11-/m0/s1.